The minimum Gasteiger partial charge on any atom is -0.356 e. The fraction of sp³-hybridized carbons (Fsp3) is 0.909. The van der Waals surface area contributed by atoms with Gasteiger partial charge in [-0.25, -0.2) is 0 Å². The number of nitrogens with one attached hydrogen (secondary N) is 1. The second kappa shape index (κ2) is 6.80. The van der Waals surface area contributed by atoms with Gasteiger partial charge in [0.15, 0.2) is 0 Å². The lowest BCUT2D eigenvalue weighted by Gasteiger charge is -2.15. The highest BCUT2D eigenvalue weighted by atomic mass is 16.1. The number of amides is 1. The zero-order valence-electron chi connectivity index (χ0n) is 9.67. The summed E-state index contributed by atoms with van der Waals surface area (Å²) >= 11 is 0. The van der Waals surface area contributed by atoms with Crippen LogP contribution in [-0.2, 0) is 4.79 Å². The smallest absolute Gasteiger partial charge is 0.224 e. The summed E-state index contributed by atoms with van der Waals surface area (Å²) in [6, 6.07) is 0. The molecule has 1 atom stereocenters. The van der Waals surface area contributed by atoms with E-state index in [1.54, 1.807) is 0 Å². The van der Waals surface area contributed by atoms with Gasteiger partial charge in [0.05, 0.1) is 0 Å². The molecule has 4 heteroatoms. The van der Waals surface area contributed by atoms with Crippen LogP contribution in [0.4, 0.5) is 0 Å². The molecule has 1 saturated heterocycles. The number of rotatable bonds is 6. The lowest BCUT2D eigenvalue weighted by molar-refractivity contribution is -0.124. The average molecular weight is 213 g/mol. The van der Waals surface area contributed by atoms with Gasteiger partial charge >= 0.3 is 0 Å². The van der Waals surface area contributed by atoms with E-state index in [1.165, 1.54) is 25.9 Å². The van der Waals surface area contributed by atoms with Crippen molar-refractivity contribution >= 4 is 5.91 Å². The molecule has 0 spiro atoms. The molecule has 88 valence electrons. The van der Waals surface area contributed by atoms with Crippen molar-refractivity contribution in [3.8, 4) is 0 Å². The molecule has 0 aromatic heterocycles. The van der Waals surface area contributed by atoms with E-state index < -0.39 is 0 Å². The summed E-state index contributed by atoms with van der Waals surface area (Å²) < 4.78 is 0. The molecule has 0 aromatic carbocycles. The number of nitrogens with zero attached hydrogens (tertiary/aromatic N) is 1. The monoisotopic (exact) mass is 213 g/mol. The van der Waals surface area contributed by atoms with Crippen molar-refractivity contribution in [3.05, 3.63) is 0 Å². The quantitative estimate of drug-likeness (QED) is 0.619. The summed E-state index contributed by atoms with van der Waals surface area (Å²) in [5.74, 6) is 0.0238. The van der Waals surface area contributed by atoms with E-state index in [4.69, 9.17) is 5.73 Å². The van der Waals surface area contributed by atoms with Crippen LogP contribution in [0.3, 0.4) is 0 Å². The molecule has 1 aliphatic heterocycles. The van der Waals surface area contributed by atoms with Crippen LogP contribution >= 0.6 is 0 Å². The van der Waals surface area contributed by atoms with Crippen LogP contribution in [0.15, 0.2) is 0 Å². The fourth-order valence-corrected chi connectivity index (χ4v) is 1.80. The van der Waals surface area contributed by atoms with Gasteiger partial charge in [-0.3, -0.25) is 4.79 Å². The maximum atomic E-state index is 11.4. The summed E-state index contributed by atoms with van der Waals surface area (Å²) in [6.07, 6.45) is 3.70. The van der Waals surface area contributed by atoms with E-state index in [2.05, 4.69) is 10.2 Å². The van der Waals surface area contributed by atoms with Crippen molar-refractivity contribution in [1.29, 1.82) is 0 Å². The first kappa shape index (κ1) is 12.5. The molecule has 1 aliphatic rings. The Kier molecular flexibility index (Phi) is 5.65. The van der Waals surface area contributed by atoms with Gasteiger partial charge in [0.2, 0.25) is 5.91 Å². The van der Waals surface area contributed by atoms with Crippen molar-refractivity contribution in [1.82, 2.24) is 10.2 Å². The number of nitrogens with two attached hydrogens (primary N) is 1. The third-order valence-corrected chi connectivity index (χ3v) is 2.95. The number of carbonyl (C=O) groups is 1. The summed E-state index contributed by atoms with van der Waals surface area (Å²) in [4.78, 5) is 13.8. The predicted octanol–water partition coefficient (Wildman–Crippen LogP) is 0.183. The van der Waals surface area contributed by atoms with Crippen molar-refractivity contribution in [3.63, 3.8) is 0 Å². The first-order valence-corrected chi connectivity index (χ1v) is 5.94. The lowest BCUT2D eigenvalue weighted by Crippen LogP contribution is -2.35. The molecule has 0 saturated carbocycles. The van der Waals surface area contributed by atoms with Crippen LogP contribution in [0.2, 0.25) is 0 Å². The largest absolute Gasteiger partial charge is 0.356 e. The van der Waals surface area contributed by atoms with Gasteiger partial charge in [-0.2, -0.15) is 0 Å². The third-order valence-electron chi connectivity index (χ3n) is 2.95. The molecule has 1 heterocycles. The van der Waals surface area contributed by atoms with Gasteiger partial charge in [-0.05, 0) is 38.9 Å². The van der Waals surface area contributed by atoms with Gasteiger partial charge < -0.3 is 16.0 Å². The SMILES string of the molecule is CC(CN)C(=O)NCCCN1CCCC1. The maximum absolute atomic E-state index is 11.4. The Balaban J connectivity index is 1.98. The predicted molar refractivity (Wildman–Crippen MR) is 61.5 cm³/mol. The Morgan fingerprint density at radius 1 is 1.47 bits per heavy atom. The average Bonchev–Trinajstić information content (AvgIpc) is 2.75. The van der Waals surface area contributed by atoms with Crippen LogP contribution in [0.25, 0.3) is 0 Å². The topological polar surface area (TPSA) is 58.4 Å². The lowest BCUT2D eigenvalue weighted by atomic mass is 10.2. The number of hydrogen-bond donors (Lipinski definition) is 2. The number of likely N-dealkylation sites (tertiary alicyclic amines) is 1. The molecule has 1 amide bonds. The Morgan fingerprint density at radius 2 is 2.13 bits per heavy atom. The van der Waals surface area contributed by atoms with Gasteiger partial charge in [0, 0.05) is 19.0 Å². The van der Waals surface area contributed by atoms with Gasteiger partial charge in [0.25, 0.3) is 0 Å². The Bertz CT molecular complexity index is 190. The van der Waals surface area contributed by atoms with Crippen molar-refractivity contribution in [2.24, 2.45) is 11.7 Å². The highest BCUT2D eigenvalue weighted by Crippen LogP contribution is 2.06. The molecule has 15 heavy (non-hydrogen) atoms. The zero-order valence-corrected chi connectivity index (χ0v) is 9.67. The second-order valence-corrected chi connectivity index (χ2v) is 4.33. The normalized spacial score (nSPS) is 19.1. The molecule has 0 bridgehead atoms. The van der Waals surface area contributed by atoms with Crippen LogP contribution in [0.1, 0.15) is 26.2 Å². The zero-order chi connectivity index (χ0) is 11.1. The van der Waals surface area contributed by atoms with Crippen molar-refractivity contribution in [2.75, 3.05) is 32.7 Å². The summed E-state index contributed by atoms with van der Waals surface area (Å²) in [5.41, 5.74) is 5.41. The van der Waals surface area contributed by atoms with Gasteiger partial charge in [0.1, 0.15) is 0 Å². The number of carbonyl (C=O) groups excluding carboxylic acids is 1. The highest BCUT2D eigenvalue weighted by Gasteiger charge is 2.12. The van der Waals surface area contributed by atoms with Crippen LogP contribution in [-0.4, -0.2) is 43.5 Å². The minimum absolute atomic E-state index is 0.0585. The molecule has 0 aromatic rings. The second-order valence-electron chi connectivity index (χ2n) is 4.33. The van der Waals surface area contributed by atoms with Crippen molar-refractivity contribution < 1.29 is 4.79 Å². The van der Waals surface area contributed by atoms with Crippen molar-refractivity contribution in [2.45, 2.75) is 26.2 Å². The van der Waals surface area contributed by atoms with Gasteiger partial charge in [-0.1, -0.05) is 6.92 Å². The first-order valence-electron chi connectivity index (χ1n) is 5.94. The standard InChI is InChI=1S/C11H23N3O/c1-10(9-12)11(15)13-5-4-8-14-6-2-3-7-14/h10H,2-9,12H2,1H3,(H,13,15). The van der Waals surface area contributed by atoms with Crippen LogP contribution < -0.4 is 11.1 Å². The summed E-state index contributed by atoms with van der Waals surface area (Å²) in [7, 11) is 0. The van der Waals surface area contributed by atoms with Gasteiger partial charge in [-0.15, -0.1) is 0 Å². The van der Waals surface area contributed by atoms with E-state index in [-0.39, 0.29) is 11.8 Å². The maximum Gasteiger partial charge on any atom is 0.224 e. The molecule has 1 fully saturated rings. The Morgan fingerprint density at radius 3 is 2.73 bits per heavy atom. The van der Waals surface area contributed by atoms with E-state index in [9.17, 15) is 4.79 Å². The molecule has 3 N–H and O–H groups in total. The molecule has 4 nitrogen and oxygen atoms in total. The van der Waals surface area contributed by atoms with Crippen LogP contribution in [0, 0.1) is 5.92 Å². The highest BCUT2D eigenvalue weighted by molar-refractivity contribution is 5.78. The fourth-order valence-electron chi connectivity index (χ4n) is 1.80. The molecular weight excluding hydrogens is 190 g/mol. The Hall–Kier alpha value is -0.610. The summed E-state index contributed by atoms with van der Waals surface area (Å²) in [5, 5.41) is 2.91. The third kappa shape index (κ3) is 4.62. The van der Waals surface area contributed by atoms with E-state index in [1.807, 2.05) is 6.92 Å². The first-order chi connectivity index (χ1) is 7.24. The van der Waals surface area contributed by atoms with E-state index >= 15 is 0 Å². The van der Waals surface area contributed by atoms with E-state index in [0.717, 1.165) is 19.5 Å². The Labute approximate surface area is 92.2 Å². The molecule has 0 aliphatic carbocycles. The minimum atomic E-state index is -0.0585. The number of hydrogen-bond acceptors (Lipinski definition) is 3. The molecular formula is C11H23N3O. The molecule has 1 rings (SSSR count). The summed E-state index contributed by atoms with van der Waals surface area (Å²) in [6.45, 7) is 6.63. The van der Waals surface area contributed by atoms with E-state index in [0.29, 0.717) is 6.54 Å². The molecule has 1 unspecified atom stereocenters. The van der Waals surface area contributed by atoms with Crippen LogP contribution in [0.5, 0.6) is 0 Å². The molecule has 0 radical (unpaired) electrons.